The van der Waals surface area contributed by atoms with Gasteiger partial charge in [0.1, 0.15) is 17.6 Å². The number of hydrogen-bond donors (Lipinski definition) is 2. The fraction of sp³-hybridized carbons (Fsp3) is 0.478. The summed E-state index contributed by atoms with van der Waals surface area (Å²) in [6.45, 7) is 4.38. The quantitative estimate of drug-likeness (QED) is 0.648. The van der Waals surface area contributed by atoms with Gasteiger partial charge in [-0.05, 0) is 44.2 Å². The average Bonchev–Trinajstić information content (AvgIpc) is 3.30. The van der Waals surface area contributed by atoms with Crippen LogP contribution in [0.15, 0.2) is 43.1 Å². The number of aromatic hydroxyl groups is 1. The molecule has 2 saturated heterocycles. The number of benzene rings is 1. The van der Waals surface area contributed by atoms with Crippen LogP contribution < -0.4 is 10.2 Å². The molecule has 2 aromatic heterocycles. The predicted octanol–water partition coefficient (Wildman–Crippen LogP) is 3.12. The molecule has 0 radical (unpaired) electrons. The van der Waals surface area contributed by atoms with E-state index in [9.17, 15) is 5.11 Å². The van der Waals surface area contributed by atoms with Crippen LogP contribution in [0.2, 0.25) is 0 Å². The molecule has 0 aliphatic carbocycles. The van der Waals surface area contributed by atoms with E-state index in [1.807, 2.05) is 18.0 Å². The molecule has 0 saturated carbocycles. The maximum absolute atomic E-state index is 15.3. The lowest BCUT2D eigenvalue weighted by atomic mass is 9.70. The van der Waals surface area contributed by atoms with Crippen molar-refractivity contribution < 1.29 is 9.50 Å². The Balaban J connectivity index is 1.36. The van der Waals surface area contributed by atoms with E-state index in [4.69, 9.17) is 0 Å². The van der Waals surface area contributed by atoms with Crippen molar-refractivity contribution in [1.82, 2.24) is 30.0 Å². The Kier molecular flexibility index (Phi) is 5.08. The van der Waals surface area contributed by atoms with Gasteiger partial charge < -0.3 is 19.9 Å². The maximum atomic E-state index is 15.3. The van der Waals surface area contributed by atoms with Crippen LogP contribution >= 0.6 is 0 Å². The second-order valence-electron chi connectivity index (χ2n) is 9.50. The van der Waals surface area contributed by atoms with Crippen molar-refractivity contribution in [3.63, 3.8) is 0 Å². The minimum Gasteiger partial charge on any atom is -0.507 e. The third kappa shape index (κ3) is 3.70. The Morgan fingerprint density at radius 2 is 2.12 bits per heavy atom. The van der Waals surface area contributed by atoms with Crippen LogP contribution in [0.5, 0.6) is 5.75 Å². The number of aromatic nitrogens is 5. The number of rotatable bonds is 4. The fourth-order valence-corrected chi connectivity index (χ4v) is 5.41. The van der Waals surface area contributed by atoms with Gasteiger partial charge >= 0.3 is 0 Å². The Morgan fingerprint density at radius 3 is 2.81 bits per heavy atom. The summed E-state index contributed by atoms with van der Waals surface area (Å²) in [6, 6.07) is 4.81. The summed E-state index contributed by atoms with van der Waals surface area (Å²) in [4.78, 5) is 10.3. The maximum Gasteiger partial charge on any atom is 0.245 e. The number of fused-ring (bicyclic) bond motifs is 2. The molecule has 2 fully saturated rings. The molecule has 9 heteroatoms. The summed E-state index contributed by atoms with van der Waals surface area (Å²) in [5.41, 5.74) is 1.69. The first kappa shape index (κ1) is 20.8. The van der Waals surface area contributed by atoms with Gasteiger partial charge in [-0.15, -0.1) is 10.2 Å². The minimum absolute atomic E-state index is 0.0745. The summed E-state index contributed by atoms with van der Waals surface area (Å²) >= 11 is 0. The smallest absolute Gasteiger partial charge is 0.245 e. The molecule has 0 spiro atoms. The second kappa shape index (κ2) is 7.81. The number of phenolic OH excluding ortho intramolecular Hbond substituents is 1. The van der Waals surface area contributed by atoms with Gasteiger partial charge in [0, 0.05) is 42.7 Å². The van der Waals surface area contributed by atoms with Gasteiger partial charge in [-0.25, -0.2) is 14.4 Å². The lowest BCUT2D eigenvalue weighted by Crippen LogP contribution is -2.68. The number of nitrogens with one attached hydrogen (secondary N) is 1. The van der Waals surface area contributed by atoms with Crippen LogP contribution in [0.4, 0.5) is 10.3 Å². The van der Waals surface area contributed by atoms with Gasteiger partial charge in [-0.3, -0.25) is 0 Å². The van der Waals surface area contributed by atoms with Crippen LogP contribution in [0.25, 0.3) is 16.9 Å². The number of anilines is 1. The molecule has 1 unspecified atom stereocenters. The Morgan fingerprint density at radius 1 is 1.28 bits per heavy atom. The summed E-state index contributed by atoms with van der Waals surface area (Å²) in [5, 5.41) is 22.5. The van der Waals surface area contributed by atoms with Gasteiger partial charge in [-0.1, -0.05) is 6.92 Å². The molecular weight excluding hydrogens is 409 g/mol. The Hall–Kier alpha value is -3.07. The predicted molar refractivity (Wildman–Crippen MR) is 119 cm³/mol. The van der Waals surface area contributed by atoms with E-state index in [1.165, 1.54) is 0 Å². The molecule has 32 heavy (non-hydrogen) atoms. The first-order chi connectivity index (χ1) is 15.3. The van der Waals surface area contributed by atoms with Crippen LogP contribution in [0.3, 0.4) is 0 Å². The minimum atomic E-state index is -1.00. The van der Waals surface area contributed by atoms with Gasteiger partial charge in [0.05, 0.1) is 24.3 Å². The van der Waals surface area contributed by atoms with Crippen LogP contribution in [-0.2, 0) is 0 Å². The van der Waals surface area contributed by atoms with Crippen molar-refractivity contribution in [3.8, 4) is 22.7 Å². The largest absolute Gasteiger partial charge is 0.507 e. The van der Waals surface area contributed by atoms with E-state index in [0.29, 0.717) is 29.5 Å². The Labute approximate surface area is 186 Å². The number of piperidine rings is 2. The molecule has 2 N–H and O–H groups in total. The van der Waals surface area contributed by atoms with Gasteiger partial charge in [0.25, 0.3) is 0 Å². The molecule has 2 bridgehead atoms. The number of imidazole rings is 1. The lowest BCUT2D eigenvalue weighted by Gasteiger charge is -2.53. The van der Waals surface area contributed by atoms with Crippen LogP contribution in [0, 0.1) is 5.92 Å². The molecule has 2 aliphatic rings. The van der Waals surface area contributed by atoms with E-state index >= 15 is 4.39 Å². The fourth-order valence-electron chi connectivity index (χ4n) is 5.41. The van der Waals surface area contributed by atoms with E-state index in [-0.39, 0.29) is 23.4 Å². The van der Waals surface area contributed by atoms with E-state index in [2.05, 4.69) is 39.3 Å². The highest BCUT2D eigenvalue weighted by Crippen LogP contribution is 2.40. The third-order valence-electron chi connectivity index (χ3n) is 6.82. The number of halogens is 1. The first-order valence-electron chi connectivity index (χ1n) is 11.0. The highest BCUT2D eigenvalue weighted by molar-refractivity contribution is 5.68. The SMILES string of the molecule is CC1C[C@H]2N[C@@](C)(C1)C[C@H](N(C)c1ncc(-c3ccc(-n4ccnc4)cc3O)nn1)[C@H]2F. The van der Waals surface area contributed by atoms with E-state index in [1.54, 1.807) is 41.6 Å². The zero-order valence-electron chi connectivity index (χ0n) is 18.5. The van der Waals surface area contributed by atoms with E-state index in [0.717, 1.165) is 18.5 Å². The highest BCUT2D eigenvalue weighted by Gasteiger charge is 2.49. The summed E-state index contributed by atoms with van der Waals surface area (Å²) in [5.74, 6) is 0.971. The molecule has 0 amide bonds. The second-order valence-corrected chi connectivity index (χ2v) is 9.50. The van der Waals surface area contributed by atoms with Crippen LogP contribution in [-0.4, -0.2) is 60.7 Å². The highest BCUT2D eigenvalue weighted by atomic mass is 19.1. The van der Waals surface area contributed by atoms with Crippen LogP contribution in [0.1, 0.15) is 33.1 Å². The van der Waals surface area contributed by atoms with Crippen molar-refractivity contribution in [2.75, 3.05) is 11.9 Å². The van der Waals surface area contributed by atoms with Crippen molar-refractivity contribution in [1.29, 1.82) is 0 Å². The molecule has 1 aromatic carbocycles. The monoisotopic (exact) mass is 437 g/mol. The van der Waals surface area contributed by atoms with Gasteiger partial charge in [0.15, 0.2) is 0 Å². The normalized spacial score (nSPS) is 29.6. The number of hydrogen-bond acceptors (Lipinski definition) is 7. The molecule has 168 valence electrons. The first-order valence-corrected chi connectivity index (χ1v) is 11.0. The molecule has 4 heterocycles. The topological polar surface area (TPSA) is 92.0 Å². The average molecular weight is 438 g/mol. The van der Waals surface area contributed by atoms with Gasteiger partial charge in [0.2, 0.25) is 5.95 Å². The third-order valence-corrected chi connectivity index (χ3v) is 6.82. The standard InChI is InChI=1S/C23H28FN7O/c1-14-8-17-21(24)19(11-23(2,10-14)27-17)30(3)22-26-12-18(28-29-22)16-5-4-15(9-20(16)32)31-7-6-25-13-31/h4-7,9,12-14,17,19,21,27,32H,8,10-11H2,1-3H3/t14?,17-,19+,21+,23+/m1/s1. The van der Waals surface area contributed by atoms with Crippen molar-refractivity contribution in [2.24, 2.45) is 5.92 Å². The molecular formula is C23H28FN7O. The van der Waals surface area contributed by atoms with Crippen molar-refractivity contribution >= 4 is 5.95 Å². The molecule has 5 rings (SSSR count). The molecule has 5 atom stereocenters. The lowest BCUT2D eigenvalue weighted by molar-refractivity contribution is 0.0388. The molecule has 8 nitrogen and oxygen atoms in total. The summed E-state index contributed by atoms with van der Waals surface area (Å²) in [6.07, 6.45) is 8.27. The zero-order chi connectivity index (χ0) is 22.5. The molecule has 2 aliphatic heterocycles. The number of alkyl halides is 1. The summed E-state index contributed by atoms with van der Waals surface area (Å²) in [7, 11) is 1.83. The summed E-state index contributed by atoms with van der Waals surface area (Å²) < 4.78 is 17.1. The van der Waals surface area contributed by atoms with E-state index < -0.39 is 6.17 Å². The zero-order valence-corrected chi connectivity index (χ0v) is 18.5. The Bertz CT molecular complexity index is 1090. The number of nitrogens with zero attached hydrogens (tertiary/aromatic N) is 6. The molecule has 3 aromatic rings. The van der Waals surface area contributed by atoms with Gasteiger partial charge in [-0.2, -0.15) is 0 Å². The van der Waals surface area contributed by atoms with Crippen molar-refractivity contribution in [3.05, 3.63) is 43.1 Å². The number of phenols is 1. The van der Waals surface area contributed by atoms with Crippen molar-refractivity contribution in [2.45, 2.75) is 56.9 Å².